The Bertz CT molecular complexity index is 901. The van der Waals surface area contributed by atoms with Crippen molar-refractivity contribution in [1.82, 2.24) is 0 Å². The highest BCUT2D eigenvalue weighted by molar-refractivity contribution is 6.34. The van der Waals surface area contributed by atoms with E-state index < -0.39 is 23.4 Å². The summed E-state index contributed by atoms with van der Waals surface area (Å²) >= 11 is 5.90. The van der Waals surface area contributed by atoms with Gasteiger partial charge in [-0.05, 0) is 31.2 Å². The Morgan fingerprint density at radius 3 is 2.54 bits per heavy atom. The number of nitrogens with zero attached hydrogens (tertiary/aromatic N) is 1. The van der Waals surface area contributed by atoms with Gasteiger partial charge in [-0.3, -0.25) is 14.9 Å². The molecular formula is C18H17ClN2O7. The fourth-order valence-electron chi connectivity index (χ4n) is 2.19. The number of nitro benzene ring substituents is 1. The average Bonchev–Trinajstić information content (AvgIpc) is 2.68. The Labute approximate surface area is 165 Å². The minimum absolute atomic E-state index is 0.00914. The fourth-order valence-corrected chi connectivity index (χ4v) is 2.41. The summed E-state index contributed by atoms with van der Waals surface area (Å²) in [5.41, 5.74) is 0.136. The summed E-state index contributed by atoms with van der Waals surface area (Å²) in [6.45, 7) is 1.69. The van der Waals surface area contributed by atoms with Crippen molar-refractivity contribution in [3.63, 3.8) is 0 Å². The van der Waals surface area contributed by atoms with Gasteiger partial charge in [0.1, 0.15) is 0 Å². The largest absolute Gasteiger partial charge is 0.493 e. The molecule has 0 aromatic heterocycles. The van der Waals surface area contributed by atoms with Gasteiger partial charge < -0.3 is 19.5 Å². The molecule has 0 spiro atoms. The molecule has 0 saturated carbocycles. The molecule has 9 nitrogen and oxygen atoms in total. The van der Waals surface area contributed by atoms with Crippen LogP contribution in [-0.2, 0) is 9.53 Å². The molecule has 1 N–H and O–H groups in total. The van der Waals surface area contributed by atoms with Gasteiger partial charge >= 0.3 is 5.97 Å². The van der Waals surface area contributed by atoms with Gasteiger partial charge in [0.05, 0.1) is 34.9 Å². The number of halogens is 1. The second-order valence-electron chi connectivity index (χ2n) is 5.34. The van der Waals surface area contributed by atoms with Crippen molar-refractivity contribution < 1.29 is 28.7 Å². The van der Waals surface area contributed by atoms with Crippen LogP contribution in [0.4, 0.5) is 11.4 Å². The lowest BCUT2D eigenvalue weighted by Gasteiger charge is -2.11. The highest BCUT2D eigenvalue weighted by atomic mass is 35.5. The second-order valence-corrected chi connectivity index (χ2v) is 5.75. The van der Waals surface area contributed by atoms with E-state index in [0.29, 0.717) is 18.1 Å². The number of carbonyl (C=O) groups excluding carboxylic acids is 2. The number of benzene rings is 2. The minimum atomic E-state index is -0.730. The first-order valence-corrected chi connectivity index (χ1v) is 8.45. The monoisotopic (exact) mass is 408 g/mol. The lowest BCUT2D eigenvalue weighted by Crippen LogP contribution is -2.21. The van der Waals surface area contributed by atoms with Gasteiger partial charge in [-0.15, -0.1) is 0 Å². The summed E-state index contributed by atoms with van der Waals surface area (Å²) in [4.78, 5) is 34.2. The number of amides is 1. The van der Waals surface area contributed by atoms with Gasteiger partial charge in [-0.25, -0.2) is 4.79 Å². The first-order valence-electron chi connectivity index (χ1n) is 8.07. The third-order valence-electron chi connectivity index (χ3n) is 3.47. The minimum Gasteiger partial charge on any atom is -0.493 e. The van der Waals surface area contributed by atoms with Crippen molar-refractivity contribution in [3.8, 4) is 11.5 Å². The van der Waals surface area contributed by atoms with Crippen molar-refractivity contribution in [1.29, 1.82) is 0 Å². The number of esters is 1. The molecule has 0 aliphatic heterocycles. The molecule has 0 heterocycles. The van der Waals surface area contributed by atoms with E-state index in [2.05, 4.69) is 5.32 Å². The van der Waals surface area contributed by atoms with E-state index in [0.717, 1.165) is 6.07 Å². The van der Waals surface area contributed by atoms with E-state index in [1.165, 1.54) is 31.4 Å². The second kappa shape index (κ2) is 9.56. The van der Waals surface area contributed by atoms with Crippen LogP contribution >= 0.6 is 11.6 Å². The molecule has 0 atom stereocenters. The molecule has 0 aliphatic rings. The number of methoxy groups -OCH3 is 1. The predicted octanol–water partition coefficient (Wildman–Crippen LogP) is 3.45. The fraction of sp³-hybridized carbons (Fsp3) is 0.222. The van der Waals surface area contributed by atoms with Gasteiger partial charge in [0.2, 0.25) is 0 Å². The van der Waals surface area contributed by atoms with Crippen LogP contribution < -0.4 is 14.8 Å². The zero-order chi connectivity index (χ0) is 20.7. The van der Waals surface area contributed by atoms with E-state index in [1.54, 1.807) is 6.07 Å². The normalized spacial score (nSPS) is 10.1. The smallest absolute Gasteiger partial charge is 0.338 e. The molecule has 0 bridgehead atoms. The maximum atomic E-state index is 12.1. The van der Waals surface area contributed by atoms with E-state index in [9.17, 15) is 19.7 Å². The predicted molar refractivity (Wildman–Crippen MR) is 101 cm³/mol. The number of non-ortho nitro benzene ring substituents is 1. The molecule has 0 unspecified atom stereocenters. The SMILES string of the molecule is CCOc1ccc(C(=O)OCC(=O)Nc2ccc([N+](=O)[O-])cc2Cl)cc1OC. The first-order chi connectivity index (χ1) is 13.3. The topological polar surface area (TPSA) is 117 Å². The van der Waals surface area contributed by atoms with Crippen LogP contribution in [0.2, 0.25) is 5.02 Å². The van der Waals surface area contributed by atoms with Crippen LogP contribution in [0.1, 0.15) is 17.3 Å². The van der Waals surface area contributed by atoms with Crippen molar-refractivity contribution in [2.45, 2.75) is 6.92 Å². The summed E-state index contributed by atoms with van der Waals surface area (Å²) < 4.78 is 15.5. The molecule has 0 saturated heterocycles. The van der Waals surface area contributed by atoms with Crippen LogP contribution in [-0.4, -0.2) is 37.1 Å². The summed E-state index contributed by atoms with van der Waals surface area (Å²) in [5.74, 6) is -0.543. The molecule has 28 heavy (non-hydrogen) atoms. The number of anilines is 1. The van der Waals surface area contributed by atoms with E-state index >= 15 is 0 Å². The number of hydrogen-bond donors (Lipinski definition) is 1. The standard InChI is InChI=1S/C18H17ClN2O7/c1-3-27-15-7-4-11(8-16(15)26-2)18(23)28-10-17(22)20-14-6-5-12(21(24)25)9-13(14)19/h4-9H,3,10H2,1-2H3,(H,20,22). The maximum Gasteiger partial charge on any atom is 0.338 e. The zero-order valence-corrected chi connectivity index (χ0v) is 15.8. The third kappa shape index (κ3) is 5.34. The van der Waals surface area contributed by atoms with Gasteiger partial charge in [-0.1, -0.05) is 11.6 Å². The average molecular weight is 409 g/mol. The number of hydrogen-bond acceptors (Lipinski definition) is 7. The van der Waals surface area contributed by atoms with Crippen molar-refractivity contribution >= 4 is 34.9 Å². The van der Waals surface area contributed by atoms with Gasteiger partial charge in [-0.2, -0.15) is 0 Å². The highest BCUT2D eigenvalue weighted by Crippen LogP contribution is 2.28. The van der Waals surface area contributed by atoms with Gasteiger partial charge in [0.15, 0.2) is 18.1 Å². The zero-order valence-electron chi connectivity index (χ0n) is 15.1. The number of nitrogens with one attached hydrogen (secondary N) is 1. The quantitative estimate of drug-likeness (QED) is 0.403. The first kappa shape index (κ1) is 21.0. The molecular weight excluding hydrogens is 392 g/mol. The molecule has 0 aliphatic carbocycles. The molecule has 10 heteroatoms. The molecule has 1 amide bonds. The van der Waals surface area contributed by atoms with E-state index in [-0.39, 0.29) is 22.0 Å². The van der Waals surface area contributed by atoms with Crippen molar-refractivity contribution in [2.24, 2.45) is 0 Å². The Kier molecular flexibility index (Phi) is 7.16. The van der Waals surface area contributed by atoms with Crippen LogP contribution in [0.25, 0.3) is 0 Å². The Hall–Kier alpha value is -3.33. The summed E-state index contributed by atoms with van der Waals surface area (Å²) in [6, 6.07) is 8.08. The number of nitro groups is 1. The Morgan fingerprint density at radius 2 is 1.93 bits per heavy atom. The summed E-state index contributed by atoms with van der Waals surface area (Å²) in [7, 11) is 1.44. The van der Waals surface area contributed by atoms with E-state index in [4.69, 9.17) is 25.8 Å². The van der Waals surface area contributed by atoms with Crippen LogP contribution in [0, 0.1) is 10.1 Å². The molecule has 2 aromatic carbocycles. The van der Waals surface area contributed by atoms with Crippen molar-refractivity contribution in [3.05, 3.63) is 57.1 Å². The lowest BCUT2D eigenvalue weighted by molar-refractivity contribution is -0.384. The summed E-state index contributed by atoms with van der Waals surface area (Å²) in [5, 5.41) is 13.1. The van der Waals surface area contributed by atoms with Crippen LogP contribution in [0.3, 0.4) is 0 Å². The van der Waals surface area contributed by atoms with Gasteiger partial charge in [0, 0.05) is 12.1 Å². The highest BCUT2D eigenvalue weighted by Gasteiger charge is 2.15. The maximum absolute atomic E-state index is 12.1. The van der Waals surface area contributed by atoms with Gasteiger partial charge in [0.25, 0.3) is 11.6 Å². The Balaban J connectivity index is 1.97. The number of carbonyl (C=O) groups is 2. The molecule has 2 rings (SSSR count). The Morgan fingerprint density at radius 1 is 1.18 bits per heavy atom. The van der Waals surface area contributed by atoms with Crippen LogP contribution in [0.5, 0.6) is 11.5 Å². The molecule has 148 valence electrons. The molecule has 2 aromatic rings. The third-order valence-corrected chi connectivity index (χ3v) is 3.78. The summed E-state index contributed by atoms with van der Waals surface area (Å²) in [6.07, 6.45) is 0. The van der Waals surface area contributed by atoms with Crippen LogP contribution in [0.15, 0.2) is 36.4 Å². The number of rotatable bonds is 8. The number of ether oxygens (including phenoxy) is 3. The van der Waals surface area contributed by atoms with Crippen molar-refractivity contribution in [2.75, 3.05) is 25.6 Å². The lowest BCUT2D eigenvalue weighted by atomic mass is 10.2. The van der Waals surface area contributed by atoms with E-state index in [1.807, 2.05) is 6.92 Å². The molecule has 0 fully saturated rings. The molecule has 0 radical (unpaired) electrons.